The molecule has 0 fully saturated rings. The zero-order valence-electron chi connectivity index (χ0n) is 11.8. The summed E-state index contributed by atoms with van der Waals surface area (Å²) in [4.78, 5) is 0. The van der Waals surface area contributed by atoms with Gasteiger partial charge < -0.3 is 0 Å². The maximum absolute atomic E-state index is 3.53. The molecule has 2 aromatic rings. The van der Waals surface area contributed by atoms with Crippen LogP contribution in [0.2, 0.25) is 0 Å². The molecule has 2 aromatic carbocycles. The number of fused-ring (bicyclic) bond motifs is 2. The van der Waals surface area contributed by atoms with Crippen LogP contribution in [-0.2, 0) is 12.8 Å². The van der Waals surface area contributed by atoms with Crippen LogP contribution in [0.3, 0.4) is 0 Å². The van der Waals surface area contributed by atoms with Crippen molar-refractivity contribution in [3.05, 3.63) is 78.7 Å². The molecule has 22 heavy (non-hydrogen) atoms. The molecule has 0 N–H and O–H groups in total. The number of benzene rings is 2. The summed E-state index contributed by atoms with van der Waals surface area (Å²) >= 11 is 7.06. The Morgan fingerprint density at radius 2 is 1.14 bits per heavy atom. The lowest BCUT2D eigenvalue weighted by Crippen LogP contribution is -1.84. The fourth-order valence-electron chi connectivity index (χ4n) is 2.95. The highest BCUT2D eigenvalue weighted by Gasteiger charge is 2.13. The Morgan fingerprint density at radius 1 is 0.682 bits per heavy atom. The van der Waals surface area contributed by atoms with Gasteiger partial charge in [-0.15, -0.1) is 0 Å². The first kappa shape index (κ1) is 14.1. The third-order valence-corrected chi connectivity index (χ3v) is 5.00. The van der Waals surface area contributed by atoms with Gasteiger partial charge in [-0.25, -0.2) is 0 Å². The summed E-state index contributed by atoms with van der Waals surface area (Å²) in [5.74, 6) is 6.71. The second-order valence-corrected chi connectivity index (χ2v) is 7.46. The molecule has 0 radical (unpaired) electrons. The largest absolute Gasteiger partial charge is 0.0661 e. The standard InChI is InChI=1S/C20H12Br2/c21-19-5-3-15-7-13(9-17(15)11-19)1-2-14-8-16-4-6-20(22)12-18(16)10-14/h3-8,11-12H,9-10H2. The number of halogens is 2. The number of rotatable bonds is 0. The van der Waals surface area contributed by atoms with Crippen molar-refractivity contribution in [3.8, 4) is 11.8 Å². The van der Waals surface area contributed by atoms with E-state index in [0.29, 0.717) is 0 Å². The predicted octanol–water partition coefficient (Wildman–Crippen LogP) is 5.79. The quantitative estimate of drug-likeness (QED) is 0.481. The third kappa shape index (κ3) is 2.72. The van der Waals surface area contributed by atoms with Gasteiger partial charge in [-0.3, -0.25) is 0 Å². The second kappa shape index (κ2) is 5.57. The maximum Gasteiger partial charge on any atom is 0.0178 e. The highest BCUT2D eigenvalue weighted by Crippen LogP contribution is 2.29. The lowest BCUT2D eigenvalue weighted by atomic mass is 10.1. The van der Waals surface area contributed by atoms with Crippen molar-refractivity contribution < 1.29 is 0 Å². The molecule has 0 bridgehead atoms. The normalized spacial score (nSPS) is 14.6. The molecule has 2 heteroatoms. The van der Waals surface area contributed by atoms with Gasteiger partial charge in [0.05, 0.1) is 0 Å². The molecule has 0 saturated carbocycles. The number of hydrogen-bond donors (Lipinski definition) is 0. The predicted molar refractivity (Wildman–Crippen MR) is 99.4 cm³/mol. The van der Waals surface area contributed by atoms with E-state index in [1.54, 1.807) is 0 Å². The van der Waals surface area contributed by atoms with E-state index < -0.39 is 0 Å². The zero-order chi connectivity index (χ0) is 15.1. The summed E-state index contributed by atoms with van der Waals surface area (Å²) in [7, 11) is 0. The lowest BCUT2D eigenvalue weighted by molar-refractivity contribution is 1.24. The Balaban J connectivity index is 1.55. The van der Waals surface area contributed by atoms with E-state index in [2.05, 4.69) is 92.3 Å². The molecule has 106 valence electrons. The first-order valence-electron chi connectivity index (χ1n) is 7.17. The highest BCUT2D eigenvalue weighted by molar-refractivity contribution is 9.10. The Morgan fingerprint density at radius 3 is 1.59 bits per heavy atom. The minimum Gasteiger partial charge on any atom is -0.0661 e. The Hall–Kier alpha value is -1.56. The molecule has 0 saturated heterocycles. The van der Waals surface area contributed by atoms with Crippen molar-refractivity contribution in [2.24, 2.45) is 0 Å². The average Bonchev–Trinajstić information content (AvgIpc) is 3.07. The van der Waals surface area contributed by atoms with Gasteiger partial charge in [0, 0.05) is 32.9 Å². The summed E-state index contributed by atoms with van der Waals surface area (Å²) in [6, 6.07) is 12.8. The molecule has 0 aromatic heterocycles. The molecule has 0 aliphatic heterocycles. The lowest BCUT2D eigenvalue weighted by Gasteiger charge is -1.97. The Labute approximate surface area is 147 Å². The molecule has 4 rings (SSSR count). The first-order valence-corrected chi connectivity index (χ1v) is 8.76. The Kier molecular flexibility index (Phi) is 3.56. The van der Waals surface area contributed by atoms with Crippen molar-refractivity contribution in [1.29, 1.82) is 0 Å². The molecule has 0 atom stereocenters. The van der Waals surface area contributed by atoms with Gasteiger partial charge in [-0.1, -0.05) is 55.8 Å². The third-order valence-electron chi connectivity index (χ3n) is 4.01. The van der Waals surface area contributed by atoms with Gasteiger partial charge in [0.1, 0.15) is 0 Å². The monoisotopic (exact) mass is 410 g/mol. The Bertz CT molecular complexity index is 832. The molecule has 0 spiro atoms. The topological polar surface area (TPSA) is 0 Å². The highest BCUT2D eigenvalue weighted by atomic mass is 79.9. The van der Waals surface area contributed by atoms with Crippen LogP contribution in [0.15, 0.2) is 56.5 Å². The maximum atomic E-state index is 3.53. The van der Waals surface area contributed by atoms with E-state index in [4.69, 9.17) is 0 Å². The fraction of sp³-hybridized carbons (Fsp3) is 0.100. The van der Waals surface area contributed by atoms with Crippen LogP contribution in [0, 0.1) is 11.8 Å². The summed E-state index contributed by atoms with van der Waals surface area (Å²) in [6.45, 7) is 0. The smallest absolute Gasteiger partial charge is 0.0178 e. The van der Waals surface area contributed by atoms with Crippen molar-refractivity contribution in [2.75, 3.05) is 0 Å². The number of allylic oxidation sites excluding steroid dienone is 2. The van der Waals surface area contributed by atoms with Crippen LogP contribution in [0.5, 0.6) is 0 Å². The van der Waals surface area contributed by atoms with Crippen LogP contribution >= 0.6 is 31.9 Å². The molecule has 2 aliphatic rings. The number of hydrogen-bond acceptors (Lipinski definition) is 0. The second-order valence-electron chi connectivity index (χ2n) is 5.63. The van der Waals surface area contributed by atoms with Crippen molar-refractivity contribution in [2.45, 2.75) is 12.8 Å². The van der Waals surface area contributed by atoms with Gasteiger partial charge in [0.2, 0.25) is 0 Å². The van der Waals surface area contributed by atoms with Crippen molar-refractivity contribution in [1.82, 2.24) is 0 Å². The van der Waals surface area contributed by atoms with E-state index in [0.717, 1.165) is 21.8 Å². The van der Waals surface area contributed by atoms with Crippen LogP contribution in [0.1, 0.15) is 22.3 Å². The van der Waals surface area contributed by atoms with E-state index in [1.165, 1.54) is 33.4 Å². The van der Waals surface area contributed by atoms with Crippen LogP contribution in [0.4, 0.5) is 0 Å². The molecule has 0 unspecified atom stereocenters. The van der Waals surface area contributed by atoms with E-state index in [9.17, 15) is 0 Å². The SMILES string of the molecule is Brc1ccc2c(c1)CC(C#CC1=Cc3ccc(Br)cc3C1)=C2. The van der Waals surface area contributed by atoms with E-state index in [1.807, 2.05) is 0 Å². The summed E-state index contributed by atoms with van der Waals surface area (Å²) in [5, 5.41) is 0. The summed E-state index contributed by atoms with van der Waals surface area (Å²) in [6.07, 6.45) is 6.28. The summed E-state index contributed by atoms with van der Waals surface area (Å²) in [5.41, 5.74) is 7.69. The van der Waals surface area contributed by atoms with Crippen LogP contribution in [-0.4, -0.2) is 0 Å². The molecular formula is C20H12Br2. The van der Waals surface area contributed by atoms with Gasteiger partial charge in [0.15, 0.2) is 0 Å². The van der Waals surface area contributed by atoms with Crippen LogP contribution in [0.25, 0.3) is 12.2 Å². The van der Waals surface area contributed by atoms with Crippen molar-refractivity contribution >= 4 is 44.0 Å². The van der Waals surface area contributed by atoms with Gasteiger partial charge in [-0.05, 0) is 58.7 Å². The molecule has 0 heterocycles. The molecule has 0 amide bonds. The van der Waals surface area contributed by atoms with Gasteiger partial charge >= 0.3 is 0 Å². The van der Waals surface area contributed by atoms with Crippen LogP contribution < -0.4 is 0 Å². The first-order chi connectivity index (χ1) is 10.7. The van der Waals surface area contributed by atoms with Gasteiger partial charge in [-0.2, -0.15) is 0 Å². The molecular weight excluding hydrogens is 400 g/mol. The minimum atomic E-state index is 0.938. The minimum absolute atomic E-state index is 0.938. The van der Waals surface area contributed by atoms with E-state index in [-0.39, 0.29) is 0 Å². The zero-order valence-corrected chi connectivity index (χ0v) is 15.0. The van der Waals surface area contributed by atoms with Crippen molar-refractivity contribution in [3.63, 3.8) is 0 Å². The average molecular weight is 412 g/mol. The van der Waals surface area contributed by atoms with Gasteiger partial charge in [0.25, 0.3) is 0 Å². The summed E-state index contributed by atoms with van der Waals surface area (Å²) < 4.78 is 2.27. The van der Waals surface area contributed by atoms with E-state index >= 15 is 0 Å². The fourth-order valence-corrected chi connectivity index (χ4v) is 3.76. The molecule has 0 nitrogen and oxygen atoms in total. The molecule has 2 aliphatic carbocycles.